The zero-order valence-corrected chi connectivity index (χ0v) is 10.5. The minimum Gasteiger partial charge on any atom is -0.396 e. The first-order valence-electron chi connectivity index (χ1n) is 5.38. The maximum absolute atomic E-state index is 11.0. The molecule has 92 valence electrons. The summed E-state index contributed by atoms with van der Waals surface area (Å²) in [5.74, 6) is 0.179. The van der Waals surface area contributed by atoms with Crippen molar-refractivity contribution in [2.45, 2.75) is 32.6 Å². The Hall–Kier alpha value is -0.130. The van der Waals surface area contributed by atoms with E-state index in [1.807, 2.05) is 6.92 Å². The van der Waals surface area contributed by atoms with Gasteiger partial charge in [-0.15, -0.1) is 0 Å². The van der Waals surface area contributed by atoms with Gasteiger partial charge in [0.2, 0.25) is 0 Å². The summed E-state index contributed by atoms with van der Waals surface area (Å²) in [6.07, 6.45) is 4.30. The molecule has 15 heavy (non-hydrogen) atoms. The second-order valence-corrected chi connectivity index (χ2v) is 6.61. The molecule has 0 aliphatic carbocycles. The maximum atomic E-state index is 11.0. The molecule has 0 saturated heterocycles. The van der Waals surface area contributed by atoms with Crippen molar-refractivity contribution in [3.63, 3.8) is 0 Å². The van der Waals surface area contributed by atoms with E-state index in [4.69, 9.17) is 5.73 Å². The standard InChI is InChI=1S/C10H23NO3S/c1-3-5-10(8-11,9-12)6-4-7-15(2,13)14/h12H,3-9,11H2,1-2H3. The second kappa shape index (κ2) is 6.45. The number of hydrogen-bond donors (Lipinski definition) is 2. The third-order valence-corrected chi connectivity index (χ3v) is 3.80. The lowest BCUT2D eigenvalue weighted by atomic mass is 9.80. The lowest BCUT2D eigenvalue weighted by Crippen LogP contribution is -2.34. The van der Waals surface area contributed by atoms with Crippen molar-refractivity contribution in [2.24, 2.45) is 11.1 Å². The zero-order valence-electron chi connectivity index (χ0n) is 9.70. The second-order valence-electron chi connectivity index (χ2n) is 4.35. The predicted octanol–water partition coefficient (Wildman–Crippen LogP) is 0.549. The van der Waals surface area contributed by atoms with Crippen molar-refractivity contribution in [1.82, 2.24) is 0 Å². The number of nitrogens with two attached hydrogens (primary N) is 1. The Kier molecular flexibility index (Phi) is 6.40. The van der Waals surface area contributed by atoms with Gasteiger partial charge in [0.25, 0.3) is 0 Å². The highest BCUT2D eigenvalue weighted by Gasteiger charge is 2.26. The SMILES string of the molecule is CCCC(CN)(CO)CCCS(C)(=O)=O. The van der Waals surface area contributed by atoms with Crippen LogP contribution in [0.3, 0.4) is 0 Å². The smallest absolute Gasteiger partial charge is 0.147 e. The molecule has 5 heteroatoms. The van der Waals surface area contributed by atoms with E-state index in [9.17, 15) is 13.5 Å². The molecule has 0 aromatic carbocycles. The first-order chi connectivity index (χ1) is 6.89. The highest BCUT2D eigenvalue weighted by molar-refractivity contribution is 7.90. The summed E-state index contributed by atoms with van der Waals surface area (Å²) in [5.41, 5.74) is 5.37. The molecule has 0 aliphatic heterocycles. The highest BCUT2D eigenvalue weighted by atomic mass is 32.2. The molecule has 0 rings (SSSR count). The van der Waals surface area contributed by atoms with E-state index in [0.29, 0.717) is 19.4 Å². The van der Waals surface area contributed by atoms with Crippen LogP contribution in [0.4, 0.5) is 0 Å². The quantitative estimate of drug-likeness (QED) is 0.646. The van der Waals surface area contributed by atoms with Crippen LogP contribution in [0.15, 0.2) is 0 Å². The Bertz CT molecular complexity index is 258. The number of aliphatic hydroxyl groups is 1. The van der Waals surface area contributed by atoms with E-state index in [1.54, 1.807) is 0 Å². The van der Waals surface area contributed by atoms with Crippen molar-refractivity contribution in [3.05, 3.63) is 0 Å². The Morgan fingerprint density at radius 2 is 1.93 bits per heavy atom. The van der Waals surface area contributed by atoms with Gasteiger partial charge in [-0.1, -0.05) is 13.3 Å². The summed E-state index contributed by atoms with van der Waals surface area (Å²) in [4.78, 5) is 0. The monoisotopic (exact) mass is 237 g/mol. The van der Waals surface area contributed by atoms with Gasteiger partial charge in [0, 0.05) is 30.6 Å². The van der Waals surface area contributed by atoms with Gasteiger partial charge < -0.3 is 10.8 Å². The minimum atomic E-state index is -2.90. The van der Waals surface area contributed by atoms with Crippen LogP contribution in [-0.2, 0) is 9.84 Å². The molecule has 0 aromatic rings. The largest absolute Gasteiger partial charge is 0.396 e. The third kappa shape index (κ3) is 6.12. The van der Waals surface area contributed by atoms with E-state index < -0.39 is 9.84 Å². The lowest BCUT2D eigenvalue weighted by molar-refractivity contribution is 0.111. The lowest BCUT2D eigenvalue weighted by Gasteiger charge is -2.30. The van der Waals surface area contributed by atoms with Crippen molar-refractivity contribution in [3.8, 4) is 0 Å². The highest BCUT2D eigenvalue weighted by Crippen LogP contribution is 2.28. The molecular formula is C10H23NO3S. The number of aliphatic hydroxyl groups excluding tert-OH is 1. The minimum absolute atomic E-state index is 0.0428. The van der Waals surface area contributed by atoms with Crippen molar-refractivity contribution < 1.29 is 13.5 Å². The van der Waals surface area contributed by atoms with E-state index in [-0.39, 0.29) is 17.8 Å². The van der Waals surface area contributed by atoms with Crippen LogP contribution in [0.1, 0.15) is 32.6 Å². The molecule has 0 amide bonds. The summed E-state index contributed by atoms with van der Waals surface area (Å²) < 4.78 is 21.9. The fourth-order valence-electron chi connectivity index (χ4n) is 1.79. The van der Waals surface area contributed by atoms with Gasteiger partial charge >= 0.3 is 0 Å². The molecule has 1 atom stereocenters. The topological polar surface area (TPSA) is 80.4 Å². The van der Waals surface area contributed by atoms with Gasteiger partial charge in [0.15, 0.2) is 0 Å². The van der Waals surface area contributed by atoms with Crippen molar-refractivity contribution in [2.75, 3.05) is 25.2 Å². The normalized spacial score (nSPS) is 16.3. The molecule has 0 fully saturated rings. The summed E-state index contributed by atoms with van der Waals surface area (Å²) >= 11 is 0. The molecular weight excluding hydrogens is 214 g/mol. The van der Waals surface area contributed by atoms with Crippen molar-refractivity contribution >= 4 is 9.84 Å². The average Bonchev–Trinajstić information content (AvgIpc) is 2.14. The molecule has 0 spiro atoms. The van der Waals surface area contributed by atoms with Gasteiger partial charge in [0.1, 0.15) is 9.84 Å². The summed E-state index contributed by atoms with van der Waals surface area (Å²) in [6, 6.07) is 0. The van der Waals surface area contributed by atoms with Gasteiger partial charge in [-0.2, -0.15) is 0 Å². The first kappa shape index (κ1) is 14.9. The van der Waals surface area contributed by atoms with E-state index in [2.05, 4.69) is 0 Å². The third-order valence-electron chi connectivity index (χ3n) is 2.77. The summed E-state index contributed by atoms with van der Waals surface area (Å²) in [6.45, 7) is 2.50. The number of rotatable bonds is 8. The van der Waals surface area contributed by atoms with Crippen LogP contribution >= 0.6 is 0 Å². The molecule has 0 heterocycles. The average molecular weight is 237 g/mol. The van der Waals surface area contributed by atoms with Gasteiger partial charge in [0.05, 0.1) is 0 Å². The molecule has 0 aromatic heterocycles. The van der Waals surface area contributed by atoms with Crippen molar-refractivity contribution in [1.29, 1.82) is 0 Å². The van der Waals surface area contributed by atoms with Gasteiger partial charge in [-0.25, -0.2) is 8.42 Å². The predicted molar refractivity (Wildman–Crippen MR) is 62.4 cm³/mol. The summed E-state index contributed by atoms with van der Waals surface area (Å²) in [7, 11) is -2.90. The van der Waals surface area contributed by atoms with Gasteiger partial charge in [-0.3, -0.25) is 0 Å². The van der Waals surface area contributed by atoms with E-state index in [0.717, 1.165) is 12.8 Å². The zero-order chi connectivity index (χ0) is 11.9. The first-order valence-corrected chi connectivity index (χ1v) is 7.44. The Balaban J connectivity index is 4.18. The van der Waals surface area contributed by atoms with Crippen LogP contribution in [0.2, 0.25) is 0 Å². The van der Waals surface area contributed by atoms with Gasteiger partial charge in [-0.05, 0) is 19.3 Å². The Morgan fingerprint density at radius 3 is 2.27 bits per heavy atom. The molecule has 0 bridgehead atoms. The molecule has 4 nitrogen and oxygen atoms in total. The molecule has 1 unspecified atom stereocenters. The molecule has 0 aliphatic rings. The van der Waals surface area contributed by atoms with Crippen LogP contribution in [0.5, 0.6) is 0 Å². The number of sulfone groups is 1. The maximum Gasteiger partial charge on any atom is 0.147 e. The van der Waals surface area contributed by atoms with E-state index in [1.165, 1.54) is 6.26 Å². The molecule has 0 radical (unpaired) electrons. The fourth-order valence-corrected chi connectivity index (χ4v) is 2.46. The van der Waals surface area contributed by atoms with Crippen LogP contribution in [0.25, 0.3) is 0 Å². The number of hydrogen-bond acceptors (Lipinski definition) is 4. The van der Waals surface area contributed by atoms with Crippen LogP contribution < -0.4 is 5.73 Å². The van der Waals surface area contributed by atoms with Crippen LogP contribution in [0, 0.1) is 5.41 Å². The van der Waals surface area contributed by atoms with E-state index >= 15 is 0 Å². The van der Waals surface area contributed by atoms with Crippen LogP contribution in [-0.4, -0.2) is 38.7 Å². The molecule has 0 saturated carbocycles. The fraction of sp³-hybridized carbons (Fsp3) is 1.00. The Labute approximate surface area is 92.8 Å². The molecule has 3 N–H and O–H groups in total. The summed E-state index contributed by atoms with van der Waals surface area (Å²) in [5, 5.41) is 9.31. The Morgan fingerprint density at radius 1 is 1.33 bits per heavy atom.